The molecule has 0 bridgehead atoms. The standard InChI is InChI=1S/C17H19BrFNO/c1-3-20-10-14-9-16(6-7-17(14)18)21-11-13-4-5-15(19)8-12(13)2/h4-9,20H,3,10-11H2,1-2H3. The summed E-state index contributed by atoms with van der Waals surface area (Å²) in [5, 5.41) is 3.29. The van der Waals surface area contributed by atoms with E-state index in [-0.39, 0.29) is 5.82 Å². The summed E-state index contributed by atoms with van der Waals surface area (Å²) in [6, 6.07) is 10.7. The Morgan fingerprint density at radius 1 is 1.14 bits per heavy atom. The molecule has 2 rings (SSSR count). The van der Waals surface area contributed by atoms with Crippen LogP contribution < -0.4 is 10.1 Å². The molecule has 0 unspecified atom stereocenters. The molecule has 2 aromatic carbocycles. The van der Waals surface area contributed by atoms with Gasteiger partial charge in [-0.15, -0.1) is 0 Å². The van der Waals surface area contributed by atoms with E-state index in [9.17, 15) is 4.39 Å². The quantitative estimate of drug-likeness (QED) is 0.821. The van der Waals surface area contributed by atoms with E-state index >= 15 is 0 Å². The van der Waals surface area contributed by atoms with Crippen molar-refractivity contribution in [1.82, 2.24) is 5.32 Å². The van der Waals surface area contributed by atoms with Crippen LogP contribution in [0.25, 0.3) is 0 Å². The molecule has 4 heteroatoms. The second-order valence-electron chi connectivity index (χ2n) is 4.89. The third-order valence-corrected chi connectivity index (χ3v) is 4.06. The zero-order valence-electron chi connectivity index (χ0n) is 12.2. The fourth-order valence-electron chi connectivity index (χ4n) is 2.02. The second-order valence-corrected chi connectivity index (χ2v) is 5.75. The molecule has 0 aliphatic carbocycles. The monoisotopic (exact) mass is 351 g/mol. The Labute approximate surface area is 133 Å². The van der Waals surface area contributed by atoms with E-state index in [1.54, 1.807) is 6.07 Å². The van der Waals surface area contributed by atoms with Gasteiger partial charge >= 0.3 is 0 Å². The molecule has 0 saturated heterocycles. The maximum Gasteiger partial charge on any atom is 0.123 e. The Kier molecular flexibility index (Phi) is 5.76. The summed E-state index contributed by atoms with van der Waals surface area (Å²) in [4.78, 5) is 0. The molecule has 0 amide bonds. The highest BCUT2D eigenvalue weighted by Crippen LogP contribution is 2.23. The predicted octanol–water partition coefficient (Wildman–Crippen LogP) is 4.59. The van der Waals surface area contributed by atoms with Crippen LogP contribution in [-0.4, -0.2) is 6.54 Å². The lowest BCUT2D eigenvalue weighted by molar-refractivity contribution is 0.305. The van der Waals surface area contributed by atoms with Crippen molar-refractivity contribution in [3.63, 3.8) is 0 Å². The van der Waals surface area contributed by atoms with E-state index in [2.05, 4.69) is 28.2 Å². The zero-order valence-corrected chi connectivity index (χ0v) is 13.8. The van der Waals surface area contributed by atoms with E-state index in [4.69, 9.17) is 4.74 Å². The van der Waals surface area contributed by atoms with Crippen LogP contribution in [0.2, 0.25) is 0 Å². The SMILES string of the molecule is CCNCc1cc(OCc2ccc(F)cc2C)ccc1Br. The minimum Gasteiger partial charge on any atom is -0.489 e. The molecule has 0 saturated carbocycles. The molecular weight excluding hydrogens is 333 g/mol. The first-order chi connectivity index (χ1) is 10.1. The van der Waals surface area contributed by atoms with Crippen LogP contribution in [0.4, 0.5) is 4.39 Å². The van der Waals surface area contributed by atoms with Crippen LogP contribution in [0, 0.1) is 12.7 Å². The molecule has 2 aromatic rings. The van der Waals surface area contributed by atoms with Gasteiger partial charge in [-0.25, -0.2) is 4.39 Å². The molecule has 0 fully saturated rings. The number of benzene rings is 2. The van der Waals surface area contributed by atoms with Crippen LogP contribution in [0.15, 0.2) is 40.9 Å². The highest BCUT2D eigenvalue weighted by Gasteiger charge is 2.04. The van der Waals surface area contributed by atoms with E-state index < -0.39 is 0 Å². The third kappa shape index (κ3) is 4.55. The Balaban J connectivity index is 2.05. The number of hydrogen-bond donors (Lipinski definition) is 1. The topological polar surface area (TPSA) is 21.3 Å². The summed E-state index contributed by atoms with van der Waals surface area (Å²) in [6.45, 7) is 6.12. The molecule has 0 aromatic heterocycles. The lowest BCUT2D eigenvalue weighted by atomic mass is 10.1. The summed E-state index contributed by atoms with van der Waals surface area (Å²) in [6.07, 6.45) is 0. The minimum atomic E-state index is -0.215. The van der Waals surface area contributed by atoms with Crippen molar-refractivity contribution in [2.24, 2.45) is 0 Å². The summed E-state index contributed by atoms with van der Waals surface area (Å²) in [5.41, 5.74) is 3.05. The average Bonchev–Trinajstić information content (AvgIpc) is 2.46. The number of ether oxygens (including phenoxy) is 1. The van der Waals surface area contributed by atoms with Gasteiger partial charge in [-0.05, 0) is 60.5 Å². The summed E-state index contributed by atoms with van der Waals surface area (Å²) < 4.78 is 20.0. The largest absolute Gasteiger partial charge is 0.489 e. The van der Waals surface area contributed by atoms with Gasteiger partial charge in [0.25, 0.3) is 0 Å². The lowest BCUT2D eigenvalue weighted by Crippen LogP contribution is -2.12. The molecule has 0 aliphatic rings. The van der Waals surface area contributed by atoms with Crippen molar-refractivity contribution in [3.8, 4) is 5.75 Å². The maximum atomic E-state index is 13.1. The Morgan fingerprint density at radius 3 is 2.67 bits per heavy atom. The molecule has 112 valence electrons. The fourth-order valence-corrected chi connectivity index (χ4v) is 2.41. The van der Waals surface area contributed by atoms with Crippen molar-refractivity contribution in [3.05, 3.63) is 63.4 Å². The predicted molar refractivity (Wildman–Crippen MR) is 87.0 cm³/mol. The van der Waals surface area contributed by atoms with Crippen molar-refractivity contribution in [1.29, 1.82) is 0 Å². The van der Waals surface area contributed by atoms with Gasteiger partial charge in [0.05, 0.1) is 0 Å². The highest BCUT2D eigenvalue weighted by atomic mass is 79.9. The number of hydrogen-bond acceptors (Lipinski definition) is 2. The number of halogens is 2. The van der Waals surface area contributed by atoms with Crippen molar-refractivity contribution >= 4 is 15.9 Å². The summed E-state index contributed by atoms with van der Waals surface area (Å²) >= 11 is 3.54. The third-order valence-electron chi connectivity index (χ3n) is 3.28. The number of aryl methyl sites for hydroxylation is 1. The van der Waals surface area contributed by atoms with Crippen molar-refractivity contribution < 1.29 is 9.13 Å². The normalized spacial score (nSPS) is 10.7. The molecular formula is C17H19BrFNO. The van der Waals surface area contributed by atoms with Gasteiger partial charge in [0.1, 0.15) is 18.2 Å². The fraction of sp³-hybridized carbons (Fsp3) is 0.294. The Morgan fingerprint density at radius 2 is 1.95 bits per heavy atom. The second kappa shape index (κ2) is 7.57. The van der Waals surface area contributed by atoms with Crippen molar-refractivity contribution in [2.75, 3.05) is 6.54 Å². The Bertz CT molecular complexity index is 616. The molecule has 1 N–H and O–H groups in total. The van der Waals surface area contributed by atoms with E-state index in [0.29, 0.717) is 6.61 Å². The molecule has 0 spiro atoms. The van der Waals surface area contributed by atoms with Gasteiger partial charge in [-0.3, -0.25) is 0 Å². The van der Waals surface area contributed by atoms with E-state index in [1.807, 2.05) is 25.1 Å². The van der Waals surface area contributed by atoms with Gasteiger partial charge in [-0.2, -0.15) is 0 Å². The zero-order chi connectivity index (χ0) is 15.2. The Hall–Kier alpha value is -1.39. The minimum absolute atomic E-state index is 0.215. The first kappa shape index (κ1) is 16.0. The van der Waals surface area contributed by atoms with Crippen molar-refractivity contribution in [2.45, 2.75) is 27.0 Å². The molecule has 2 nitrogen and oxygen atoms in total. The number of rotatable bonds is 6. The van der Waals surface area contributed by atoms with Gasteiger partial charge < -0.3 is 10.1 Å². The van der Waals surface area contributed by atoms with Crippen LogP contribution in [0.3, 0.4) is 0 Å². The van der Waals surface area contributed by atoms with Gasteiger partial charge in [-0.1, -0.05) is 28.9 Å². The van der Waals surface area contributed by atoms with Gasteiger partial charge in [0, 0.05) is 11.0 Å². The van der Waals surface area contributed by atoms with Gasteiger partial charge in [0.15, 0.2) is 0 Å². The maximum absolute atomic E-state index is 13.1. The highest BCUT2D eigenvalue weighted by molar-refractivity contribution is 9.10. The molecule has 0 aliphatic heterocycles. The van der Waals surface area contributed by atoms with Crippen LogP contribution in [-0.2, 0) is 13.2 Å². The van der Waals surface area contributed by atoms with Crippen LogP contribution in [0.1, 0.15) is 23.6 Å². The van der Waals surface area contributed by atoms with E-state index in [0.717, 1.165) is 40.0 Å². The molecule has 0 radical (unpaired) electrons. The number of nitrogens with one attached hydrogen (secondary N) is 1. The molecule has 0 atom stereocenters. The first-order valence-corrected chi connectivity index (χ1v) is 7.76. The molecule has 0 heterocycles. The smallest absolute Gasteiger partial charge is 0.123 e. The lowest BCUT2D eigenvalue weighted by Gasteiger charge is -2.11. The first-order valence-electron chi connectivity index (χ1n) is 6.97. The average molecular weight is 352 g/mol. The van der Waals surface area contributed by atoms with Crippen LogP contribution in [0.5, 0.6) is 5.75 Å². The van der Waals surface area contributed by atoms with Crippen LogP contribution >= 0.6 is 15.9 Å². The van der Waals surface area contributed by atoms with E-state index in [1.165, 1.54) is 12.1 Å². The van der Waals surface area contributed by atoms with Gasteiger partial charge in [0.2, 0.25) is 0 Å². The summed E-state index contributed by atoms with van der Waals surface area (Å²) in [7, 11) is 0. The summed E-state index contributed by atoms with van der Waals surface area (Å²) in [5.74, 6) is 0.600. The molecule has 21 heavy (non-hydrogen) atoms.